The standard InChI is InChI=1S/C10H28N2O4Si2/c1-13-17(14-2,9-5-7-11)18(15-3,16-4)10-6-8-12/h5-12H2,1-4H3. The highest BCUT2D eigenvalue weighted by Gasteiger charge is 2.62. The lowest BCUT2D eigenvalue weighted by molar-refractivity contribution is 0.199. The Morgan fingerprint density at radius 2 is 0.944 bits per heavy atom. The van der Waals surface area contributed by atoms with Crippen LogP contribution >= 0.6 is 0 Å². The van der Waals surface area contributed by atoms with Crippen LogP contribution in [0.3, 0.4) is 0 Å². The van der Waals surface area contributed by atoms with Crippen LogP contribution in [0.15, 0.2) is 0 Å². The molecule has 0 rings (SSSR count). The SMILES string of the molecule is CO[Si](CCCN)(OC)[Si](CCCN)(OC)OC. The van der Waals surface area contributed by atoms with Gasteiger partial charge in [0.05, 0.1) is 0 Å². The van der Waals surface area contributed by atoms with Crippen LogP contribution < -0.4 is 11.5 Å². The smallest absolute Gasteiger partial charge is 0.384 e. The molecular weight excluding hydrogens is 268 g/mol. The molecule has 0 saturated carbocycles. The highest BCUT2D eigenvalue weighted by atomic mass is 29.3. The summed E-state index contributed by atoms with van der Waals surface area (Å²) in [7, 11) is 1.66. The highest BCUT2D eigenvalue weighted by molar-refractivity contribution is 7.32. The Balaban J connectivity index is 5.17. The van der Waals surface area contributed by atoms with E-state index in [4.69, 9.17) is 29.2 Å². The molecule has 0 saturated heterocycles. The van der Waals surface area contributed by atoms with Crippen LogP contribution in [0.5, 0.6) is 0 Å². The van der Waals surface area contributed by atoms with Crippen LogP contribution in [0.2, 0.25) is 12.1 Å². The van der Waals surface area contributed by atoms with E-state index in [-0.39, 0.29) is 0 Å². The van der Waals surface area contributed by atoms with Crippen molar-refractivity contribution in [3.05, 3.63) is 0 Å². The third kappa shape index (κ3) is 3.84. The zero-order valence-corrected chi connectivity index (χ0v) is 14.0. The minimum absolute atomic E-state index is 0.607. The predicted molar refractivity (Wildman–Crippen MR) is 76.5 cm³/mol. The van der Waals surface area contributed by atoms with Gasteiger partial charge in [-0.3, -0.25) is 0 Å². The lowest BCUT2D eigenvalue weighted by atomic mass is 10.5. The molecule has 0 fully saturated rings. The van der Waals surface area contributed by atoms with Gasteiger partial charge in [-0.15, -0.1) is 0 Å². The predicted octanol–water partition coefficient (Wildman–Crippen LogP) is 0.232. The number of rotatable bonds is 11. The van der Waals surface area contributed by atoms with Gasteiger partial charge in [-0.2, -0.15) is 0 Å². The minimum Gasteiger partial charge on any atom is -0.397 e. The van der Waals surface area contributed by atoms with E-state index in [1.165, 1.54) is 0 Å². The maximum absolute atomic E-state index is 5.77. The second kappa shape index (κ2) is 9.15. The molecule has 0 bridgehead atoms. The van der Waals surface area contributed by atoms with Gasteiger partial charge in [-0.05, 0) is 38.0 Å². The van der Waals surface area contributed by atoms with Crippen molar-refractivity contribution in [1.29, 1.82) is 0 Å². The van der Waals surface area contributed by atoms with Crippen LogP contribution in [0.4, 0.5) is 0 Å². The molecule has 6 nitrogen and oxygen atoms in total. The van der Waals surface area contributed by atoms with Crippen molar-refractivity contribution in [2.45, 2.75) is 24.9 Å². The molecule has 0 spiro atoms. The summed E-state index contributed by atoms with van der Waals surface area (Å²) in [5, 5.41) is 0. The van der Waals surface area contributed by atoms with Gasteiger partial charge < -0.3 is 29.2 Å². The molecule has 0 aromatic carbocycles. The van der Waals surface area contributed by atoms with Gasteiger partial charge in [-0.1, -0.05) is 0 Å². The van der Waals surface area contributed by atoms with Crippen LogP contribution in [-0.2, 0) is 17.7 Å². The molecule has 8 heteroatoms. The quantitative estimate of drug-likeness (QED) is 0.531. The topological polar surface area (TPSA) is 89.0 Å². The summed E-state index contributed by atoms with van der Waals surface area (Å²) in [6.07, 6.45) is 1.69. The maximum Gasteiger partial charge on any atom is 0.384 e. The lowest BCUT2D eigenvalue weighted by Crippen LogP contribution is -2.69. The molecule has 4 N–H and O–H groups in total. The van der Waals surface area contributed by atoms with Crippen molar-refractivity contribution in [1.82, 2.24) is 0 Å². The molecule has 18 heavy (non-hydrogen) atoms. The number of hydrogen-bond acceptors (Lipinski definition) is 6. The Hall–Kier alpha value is 0.194. The van der Waals surface area contributed by atoms with Gasteiger partial charge in [0.15, 0.2) is 0 Å². The number of nitrogens with two attached hydrogens (primary N) is 2. The summed E-state index contributed by atoms with van der Waals surface area (Å²) < 4.78 is 23.1. The molecule has 0 aliphatic heterocycles. The van der Waals surface area contributed by atoms with Gasteiger partial charge in [0.25, 0.3) is 0 Å². The van der Waals surface area contributed by atoms with Gasteiger partial charge in [0.1, 0.15) is 0 Å². The van der Waals surface area contributed by atoms with E-state index in [0.717, 1.165) is 24.9 Å². The van der Waals surface area contributed by atoms with E-state index >= 15 is 0 Å². The first kappa shape index (κ1) is 18.2. The summed E-state index contributed by atoms with van der Waals surface area (Å²) in [5.74, 6) is 0. The average Bonchev–Trinajstić information content (AvgIpc) is 2.43. The first-order valence-corrected chi connectivity index (χ1v) is 11.3. The Morgan fingerprint density at radius 3 is 1.11 bits per heavy atom. The molecule has 0 amide bonds. The summed E-state index contributed by atoms with van der Waals surface area (Å²) in [6, 6.07) is 1.57. The van der Waals surface area contributed by atoms with Crippen molar-refractivity contribution < 1.29 is 17.7 Å². The van der Waals surface area contributed by atoms with Crippen molar-refractivity contribution in [3.8, 4) is 0 Å². The Bertz CT molecular complexity index is 192. The zero-order chi connectivity index (χ0) is 14.1. The third-order valence-electron chi connectivity index (χ3n) is 3.32. The summed E-state index contributed by atoms with van der Waals surface area (Å²) in [6.45, 7) is 1.21. The Labute approximate surface area is 112 Å². The second-order valence-electron chi connectivity index (χ2n) is 4.11. The van der Waals surface area contributed by atoms with Gasteiger partial charge in [0, 0.05) is 28.4 Å². The Morgan fingerprint density at radius 1 is 0.667 bits per heavy atom. The fourth-order valence-corrected chi connectivity index (χ4v) is 13.8. The van der Waals surface area contributed by atoms with Crippen LogP contribution in [-0.4, -0.2) is 57.7 Å². The molecular formula is C10H28N2O4Si2. The van der Waals surface area contributed by atoms with E-state index in [1.807, 2.05) is 0 Å². The molecule has 0 aliphatic rings. The largest absolute Gasteiger partial charge is 0.397 e. The normalized spacial score (nSPS) is 13.0. The van der Waals surface area contributed by atoms with Crippen LogP contribution in [0.25, 0.3) is 0 Å². The highest BCUT2D eigenvalue weighted by Crippen LogP contribution is 2.31. The number of hydrogen-bond donors (Lipinski definition) is 2. The lowest BCUT2D eigenvalue weighted by Gasteiger charge is -2.40. The first-order chi connectivity index (χ1) is 8.61. The molecule has 0 unspecified atom stereocenters. The average molecular weight is 297 g/mol. The summed E-state index contributed by atoms with van der Waals surface area (Å²) in [5.41, 5.74) is 11.2. The first-order valence-electron chi connectivity index (χ1n) is 6.22. The van der Waals surface area contributed by atoms with E-state index in [9.17, 15) is 0 Å². The molecule has 0 aliphatic carbocycles. The van der Waals surface area contributed by atoms with E-state index < -0.39 is 16.2 Å². The molecule has 0 aromatic heterocycles. The molecule has 0 atom stereocenters. The van der Waals surface area contributed by atoms with E-state index in [2.05, 4.69) is 0 Å². The van der Waals surface area contributed by atoms with Crippen molar-refractivity contribution in [2.24, 2.45) is 11.5 Å². The van der Waals surface area contributed by atoms with Gasteiger partial charge >= 0.3 is 16.2 Å². The van der Waals surface area contributed by atoms with Gasteiger partial charge in [-0.25, -0.2) is 0 Å². The van der Waals surface area contributed by atoms with Crippen molar-refractivity contribution in [2.75, 3.05) is 41.5 Å². The molecule has 0 aromatic rings. The molecule has 110 valence electrons. The monoisotopic (exact) mass is 296 g/mol. The molecule has 0 radical (unpaired) electrons. The Kier molecular flexibility index (Phi) is 9.25. The molecule has 0 heterocycles. The third-order valence-corrected chi connectivity index (χ3v) is 16.6. The van der Waals surface area contributed by atoms with Crippen molar-refractivity contribution in [3.63, 3.8) is 0 Å². The van der Waals surface area contributed by atoms with Crippen LogP contribution in [0, 0.1) is 0 Å². The van der Waals surface area contributed by atoms with Crippen LogP contribution in [0.1, 0.15) is 12.8 Å². The zero-order valence-electron chi connectivity index (χ0n) is 12.0. The van der Waals surface area contributed by atoms with E-state index in [0.29, 0.717) is 13.1 Å². The fourth-order valence-electron chi connectivity index (χ4n) is 2.25. The van der Waals surface area contributed by atoms with E-state index in [1.54, 1.807) is 28.4 Å². The fraction of sp³-hybridized carbons (Fsp3) is 1.00. The summed E-state index contributed by atoms with van der Waals surface area (Å²) >= 11 is 0. The second-order valence-corrected chi connectivity index (χ2v) is 14.3. The summed E-state index contributed by atoms with van der Waals surface area (Å²) in [4.78, 5) is 0. The minimum atomic E-state index is -2.52. The maximum atomic E-state index is 5.77. The van der Waals surface area contributed by atoms with Crippen molar-refractivity contribution >= 4 is 16.2 Å². The van der Waals surface area contributed by atoms with Gasteiger partial charge in [0.2, 0.25) is 0 Å².